The molecule has 0 fully saturated rings. The number of rotatable bonds is 5. The molecule has 1 amide bonds. The minimum atomic E-state index is -0.484. The summed E-state index contributed by atoms with van der Waals surface area (Å²) in [5, 5.41) is 16.3. The highest BCUT2D eigenvalue weighted by Crippen LogP contribution is 2.24. The Balaban J connectivity index is 1.70. The van der Waals surface area contributed by atoms with Crippen LogP contribution in [0.25, 0.3) is 10.6 Å². The van der Waals surface area contributed by atoms with E-state index in [0.717, 1.165) is 16.1 Å². The molecule has 0 aliphatic carbocycles. The van der Waals surface area contributed by atoms with Gasteiger partial charge in [-0.3, -0.25) is 14.9 Å². The predicted octanol–water partition coefficient (Wildman–Crippen LogP) is 4.21. The number of non-ortho nitro benzene ring substituents is 1. The molecule has 0 spiro atoms. The van der Waals surface area contributed by atoms with Crippen molar-refractivity contribution in [2.45, 2.75) is 13.3 Å². The number of hydrogen-bond donors (Lipinski definition) is 1. The third-order valence-electron chi connectivity index (χ3n) is 3.62. The van der Waals surface area contributed by atoms with Gasteiger partial charge in [0.05, 0.1) is 22.7 Å². The minimum absolute atomic E-state index is 0.0547. The summed E-state index contributed by atoms with van der Waals surface area (Å²) < 4.78 is 0. The Labute approximate surface area is 148 Å². The van der Waals surface area contributed by atoms with Crippen molar-refractivity contribution in [1.82, 2.24) is 4.98 Å². The number of anilines is 1. The van der Waals surface area contributed by atoms with Crippen LogP contribution in [0.2, 0.25) is 0 Å². The van der Waals surface area contributed by atoms with Crippen molar-refractivity contribution < 1.29 is 9.72 Å². The molecule has 3 aromatic rings. The van der Waals surface area contributed by atoms with Gasteiger partial charge in [0.1, 0.15) is 5.01 Å². The van der Waals surface area contributed by atoms with E-state index in [1.807, 2.05) is 35.7 Å². The smallest absolute Gasteiger partial charge is 0.271 e. The number of amides is 1. The number of aryl methyl sites for hydroxylation is 1. The molecule has 0 atom stereocenters. The summed E-state index contributed by atoms with van der Waals surface area (Å²) in [5.74, 6) is -0.256. The SMILES string of the molecule is Cc1ccc([N+](=O)[O-])cc1NC(=O)Cc1csc(-c2ccccc2)n1. The van der Waals surface area contributed by atoms with Crippen molar-refractivity contribution in [3.05, 3.63) is 75.3 Å². The van der Waals surface area contributed by atoms with Gasteiger partial charge >= 0.3 is 0 Å². The van der Waals surface area contributed by atoms with E-state index in [4.69, 9.17) is 0 Å². The van der Waals surface area contributed by atoms with Crippen LogP contribution >= 0.6 is 11.3 Å². The van der Waals surface area contributed by atoms with Gasteiger partial charge in [-0.15, -0.1) is 11.3 Å². The fraction of sp³-hybridized carbons (Fsp3) is 0.111. The summed E-state index contributed by atoms with van der Waals surface area (Å²) in [6.07, 6.45) is 0.117. The molecule has 2 aromatic carbocycles. The summed E-state index contributed by atoms with van der Waals surface area (Å²) in [6, 6.07) is 14.1. The molecule has 0 bridgehead atoms. The van der Waals surface area contributed by atoms with Crippen molar-refractivity contribution in [2.24, 2.45) is 0 Å². The molecule has 126 valence electrons. The van der Waals surface area contributed by atoms with Crippen LogP contribution in [0, 0.1) is 17.0 Å². The van der Waals surface area contributed by atoms with E-state index in [1.54, 1.807) is 13.0 Å². The highest BCUT2D eigenvalue weighted by atomic mass is 32.1. The molecule has 1 aromatic heterocycles. The summed E-state index contributed by atoms with van der Waals surface area (Å²) in [4.78, 5) is 27.1. The molecule has 1 N–H and O–H groups in total. The van der Waals surface area contributed by atoms with Gasteiger partial charge in [-0.05, 0) is 12.5 Å². The zero-order valence-corrected chi connectivity index (χ0v) is 14.2. The molecule has 0 saturated heterocycles. The maximum atomic E-state index is 12.2. The van der Waals surface area contributed by atoms with Crippen molar-refractivity contribution in [2.75, 3.05) is 5.32 Å². The van der Waals surface area contributed by atoms with Crippen LogP contribution in [0.1, 0.15) is 11.3 Å². The van der Waals surface area contributed by atoms with Gasteiger partial charge in [-0.25, -0.2) is 4.98 Å². The van der Waals surface area contributed by atoms with Crippen molar-refractivity contribution in [3.8, 4) is 10.6 Å². The van der Waals surface area contributed by atoms with Gasteiger partial charge in [0, 0.05) is 23.1 Å². The summed E-state index contributed by atoms with van der Waals surface area (Å²) in [5.41, 5.74) is 2.83. The average molecular weight is 353 g/mol. The third kappa shape index (κ3) is 4.07. The zero-order valence-electron chi connectivity index (χ0n) is 13.4. The minimum Gasteiger partial charge on any atom is -0.325 e. The Kier molecular flexibility index (Phi) is 4.85. The first-order valence-electron chi connectivity index (χ1n) is 7.57. The van der Waals surface area contributed by atoms with Crippen LogP contribution < -0.4 is 5.32 Å². The van der Waals surface area contributed by atoms with E-state index >= 15 is 0 Å². The van der Waals surface area contributed by atoms with E-state index < -0.39 is 4.92 Å². The first-order chi connectivity index (χ1) is 12.0. The fourth-order valence-corrected chi connectivity index (χ4v) is 3.14. The molecule has 7 heteroatoms. The van der Waals surface area contributed by atoms with E-state index in [2.05, 4.69) is 10.3 Å². The summed E-state index contributed by atoms with van der Waals surface area (Å²) in [7, 11) is 0. The maximum Gasteiger partial charge on any atom is 0.271 e. The van der Waals surface area contributed by atoms with Gasteiger partial charge in [0.15, 0.2) is 0 Å². The van der Waals surface area contributed by atoms with E-state index in [-0.39, 0.29) is 18.0 Å². The Morgan fingerprint density at radius 2 is 2.00 bits per heavy atom. The van der Waals surface area contributed by atoms with E-state index in [9.17, 15) is 14.9 Å². The second kappa shape index (κ2) is 7.23. The lowest BCUT2D eigenvalue weighted by Crippen LogP contribution is -2.15. The maximum absolute atomic E-state index is 12.2. The number of carbonyl (C=O) groups is 1. The van der Waals surface area contributed by atoms with Gasteiger partial charge < -0.3 is 5.32 Å². The lowest BCUT2D eigenvalue weighted by atomic mass is 10.1. The average Bonchev–Trinajstić information content (AvgIpc) is 3.06. The highest BCUT2D eigenvalue weighted by molar-refractivity contribution is 7.13. The molecule has 25 heavy (non-hydrogen) atoms. The number of nitro benzene ring substituents is 1. The molecule has 3 rings (SSSR count). The van der Waals surface area contributed by atoms with Crippen molar-refractivity contribution >= 4 is 28.6 Å². The third-order valence-corrected chi connectivity index (χ3v) is 4.56. The molecule has 0 saturated carbocycles. The Morgan fingerprint density at radius 1 is 1.24 bits per heavy atom. The lowest BCUT2D eigenvalue weighted by molar-refractivity contribution is -0.384. The lowest BCUT2D eigenvalue weighted by Gasteiger charge is -2.07. The number of aromatic nitrogens is 1. The number of nitrogens with one attached hydrogen (secondary N) is 1. The van der Waals surface area contributed by atoms with Crippen LogP contribution in [0.5, 0.6) is 0 Å². The molecule has 0 aliphatic rings. The van der Waals surface area contributed by atoms with E-state index in [1.165, 1.54) is 23.5 Å². The number of nitrogens with zero attached hydrogens (tertiary/aromatic N) is 2. The van der Waals surface area contributed by atoms with Crippen LogP contribution in [0.4, 0.5) is 11.4 Å². The monoisotopic (exact) mass is 353 g/mol. The molecule has 6 nitrogen and oxygen atoms in total. The number of thiazole rings is 1. The molecular weight excluding hydrogens is 338 g/mol. The summed E-state index contributed by atoms with van der Waals surface area (Å²) >= 11 is 1.48. The van der Waals surface area contributed by atoms with Gasteiger partial charge in [-0.2, -0.15) is 0 Å². The highest BCUT2D eigenvalue weighted by Gasteiger charge is 2.13. The molecule has 0 aliphatic heterocycles. The van der Waals surface area contributed by atoms with Gasteiger partial charge in [0.2, 0.25) is 5.91 Å². The quantitative estimate of drug-likeness (QED) is 0.550. The van der Waals surface area contributed by atoms with Crippen LogP contribution in [0.3, 0.4) is 0 Å². The standard InChI is InChI=1S/C18H15N3O3S/c1-12-7-8-15(21(23)24)10-16(12)20-17(22)9-14-11-25-18(19-14)13-5-3-2-4-6-13/h2-8,10-11H,9H2,1H3,(H,20,22). The van der Waals surface area contributed by atoms with Crippen LogP contribution in [0.15, 0.2) is 53.9 Å². The zero-order chi connectivity index (χ0) is 17.8. The Morgan fingerprint density at radius 3 is 2.72 bits per heavy atom. The fourth-order valence-electron chi connectivity index (χ4n) is 2.32. The second-order valence-corrected chi connectivity index (χ2v) is 6.35. The van der Waals surface area contributed by atoms with Crippen LogP contribution in [-0.2, 0) is 11.2 Å². The van der Waals surface area contributed by atoms with E-state index in [0.29, 0.717) is 11.4 Å². The van der Waals surface area contributed by atoms with Gasteiger partial charge in [-0.1, -0.05) is 36.4 Å². The van der Waals surface area contributed by atoms with Crippen molar-refractivity contribution in [3.63, 3.8) is 0 Å². The second-order valence-electron chi connectivity index (χ2n) is 5.49. The normalized spacial score (nSPS) is 10.4. The Hall–Kier alpha value is -3.06. The predicted molar refractivity (Wildman–Crippen MR) is 97.7 cm³/mol. The van der Waals surface area contributed by atoms with Gasteiger partial charge in [0.25, 0.3) is 5.69 Å². The molecular formula is C18H15N3O3S. The first kappa shape index (κ1) is 16.8. The number of benzene rings is 2. The Bertz CT molecular complexity index is 922. The van der Waals surface area contributed by atoms with Crippen molar-refractivity contribution in [1.29, 1.82) is 0 Å². The topological polar surface area (TPSA) is 85.1 Å². The largest absolute Gasteiger partial charge is 0.325 e. The molecule has 0 radical (unpaired) electrons. The molecule has 1 heterocycles. The number of carbonyl (C=O) groups excluding carboxylic acids is 1. The van der Waals surface area contributed by atoms with Crippen LogP contribution in [-0.4, -0.2) is 15.8 Å². The number of hydrogen-bond acceptors (Lipinski definition) is 5. The molecule has 0 unspecified atom stereocenters. The summed E-state index contributed by atoms with van der Waals surface area (Å²) in [6.45, 7) is 1.79. The number of nitro groups is 1. The first-order valence-corrected chi connectivity index (χ1v) is 8.45.